The number of rotatable bonds is 4. The number of anilines is 2. The fourth-order valence-corrected chi connectivity index (χ4v) is 2.43. The van der Waals surface area contributed by atoms with Gasteiger partial charge in [-0.1, -0.05) is 28.1 Å². The van der Waals surface area contributed by atoms with Crippen LogP contribution in [0.15, 0.2) is 46.9 Å². The van der Waals surface area contributed by atoms with Crippen molar-refractivity contribution >= 4 is 44.6 Å². The van der Waals surface area contributed by atoms with E-state index in [0.717, 1.165) is 10.2 Å². The third-order valence-corrected chi connectivity index (χ3v) is 4.46. The minimum atomic E-state index is 0.624. The topological polar surface area (TPSA) is 27.3 Å². The van der Waals surface area contributed by atoms with Crippen LogP contribution in [0.1, 0.15) is 11.1 Å². The Morgan fingerprint density at radius 2 is 1.82 bits per heavy atom. The van der Waals surface area contributed by atoms with Crippen LogP contribution in [0.3, 0.4) is 0 Å². The van der Waals surface area contributed by atoms with Crippen molar-refractivity contribution in [3.8, 4) is 0 Å². The number of halogens is 1. The number of nitrogens with one attached hydrogen (secondary N) is 2. The molecule has 2 N–H and O–H groups in total. The highest BCUT2D eigenvalue weighted by Gasteiger charge is 2.01. The predicted molar refractivity (Wildman–Crippen MR) is 103 cm³/mol. The maximum atomic E-state index is 5.34. The van der Waals surface area contributed by atoms with Crippen LogP contribution in [-0.4, -0.2) is 19.2 Å². The van der Waals surface area contributed by atoms with Gasteiger partial charge in [0.15, 0.2) is 5.11 Å². The molecule has 3 nitrogen and oxygen atoms in total. The lowest BCUT2D eigenvalue weighted by Crippen LogP contribution is -2.27. The van der Waals surface area contributed by atoms with Crippen molar-refractivity contribution in [1.29, 1.82) is 0 Å². The molecular weight excluding hydrogens is 358 g/mol. The largest absolute Gasteiger partial charge is 0.378 e. The fourth-order valence-electron chi connectivity index (χ4n) is 1.99. The van der Waals surface area contributed by atoms with E-state index in [2.05, 4.69) is 68.7 Å². The van der Waals surface area contributed by atoms with E-state index in [-0.39, 0.29) is 0 Å². The van der Waals surface area contributed by atoms with Gasteiger partial charge in [-0.3, -0.25) is 0 Å². The van der Waals surface area contributed by atoms with E-state index >= 15 is 0 Å². The lowest BCUT2D eigenvalue weighted by molar-refractivity contribution is 0.925. The van der Waals surface area contributed by atoms with E-state index in [1.807, 2.05) is 26.2 Å². The van der Waals surface area contributed by atoms with Gasteiger partial charge in [0.2, 0.25) is 0 Å². The number of thiocarbonyl (C=S) groups is 1. The third-order valence-electron chi connectivity index (χ3n) is 3.32. The summed E-state index contributed by atoms with van der Waals surface area (Å²) in [6, 6.07) is 14.5. The number of hydrogen-bond donors (Lipinski definition) is 2. The molecule has 0 heterocycles. The lowest BCUT2D eigenvalue weighted by Gasteiger charge is -2.14. The summed E-state index contributed by atoms with van der Waals surface area (Å²) in [6.07, 6.45) is 0. The summed E-state index contributed by atoms with van der Waals surface area (Å²) in [4.78, 5) is 2.08. The van der Waals surface area contributed by atoms with Gasteiger partial charge >= 0.3 is 0 Å². The van der Waals surface area contributed by atoms with Crippen molar-refractivity contribution in [1.82, 2.24) is 5.32 Å². The Morgan fingerprint density at radius 3 is 2.41 bits per heavy atom. The Balaban J connectivity index is 1.88. The van der Waals surface area contributed by atoms with Gasteiger partial charge < -0.3 is 15.5 Å². The molecule has 0 aromatic heterocycles. The molecule has 0 fully saturated rings. The summed E-state index contributed by atoms with van der Waals surface area (Å²) < 4.78 is 1.10. The van der Waals surface area contributed by atoms with E-state index in [0.29, 0.717) is 11.7 Å². The summed E-state index contributed by atoms with van der Waals surface area (Å²) in [5.74, 6) is 0. The number of nitrogens with zero attached hydrogens (tertiary/aromatic N) is 1. The molecule has 0 radical (unpaired) electrons. The van der Waals surface area contributed by atoms with Gasteiger partial charge in [-0.05, 0) is 60.6 Å². The van der Waals surface area contributed by atoms with Crippen LogP contribution in [0.4, 0.5) is 11.4 Å². The summed E-state index contributed by atoms with van der Waals surface area (Å²) in [6.45, 7) is 2.76. The van der Waals surface area contributed by atoms with Gasteiger partial charge in [0.25, 0.3) is 0 Å². The van der Waals surface area contributed by atoms with Gasteiger partial charge in [0, 0.05) is 36.5 Å². The van der Waals surface area contributed by atoms with Crippen LogP contribution in [0.2, 0.25) is 0 Å². The average molecular weight is 378 g/mol. The molecule has 22 heavy (non-hydrogen) atoms. The average Bonchev–Trinajstić information content (AvgIpc) is 2.49. The van der Waals surface area contributed by atoms with Gasteiger partial charge in [0.05, 0.1) is 0 Å². The monoisotopic (exact) mass is 377 g/mol. The highest BCUT2D eigenvalue weighted by molar-refractivity contribution is 9.10. The molecule has 5 heteroatoms. The summed E-state index contributed by atoms with van der Waals surface area (Å²) in [5.41, 5.74) is 4.55. The Bertz CT molecular complexity index is 653. The first kappa shape index (κ1) is 16.8. The first-order valence-corrected chi connectivity index (χ1v) is 8.23. The predicted octanol–water partition coefficient (Wildman–Crippen LogP) is 4.31. The smallest absolute Gasteiger partial charge is 0.171 e. The van der Waals surface area contributed by atoms with E-state index in [4.69, 9.17) is 12.2 Å². The SMILES string of the molecule is Cc1cc(NC(=S)NCc2ccc(N(C)C)cc2)ccc1Br. The molecule has 2 rings (SSSR count). The first-order chi connectivity index (χ1) is 10.5. The zero-order valence-corrected chi connectivity index (χ0v) is 15.4. The second kappa shape index (κ2) is 7.61. The Morgan fingerprint density at radius 1 is 1.14 bits per heavy atom. The summed E-state index contributed by atoms with van der Waals surface area (Å²) >= 11 is 8.83. The van der Waals surface area contributed by atoms with Crippen molar-refractivity contribution < 1.29 is 0 Å². The molecule has 0 unspecified atom stereocenters. The molecule has 0 amide bonds. The zero-order chi connectivity index (χ0) is 16.1. The first-order valence-electron chi connectivity index (χ1n) is 7.03. The molecule has 0 atom stereocenters. The standard InChI is InChI=1S/C17H20BrN3S/c1-12-10-14(6-9-16(12)18)20-17(22)19-11-13-4-7-15(8-5-13)21(2)3/h4-10H,11H2,1-3H3,(H2,19,20,22). The van der Waals surface area contributed by atoms with Crippen LogP contribution in [0.5, 0.6) is 0 Å². The lowest BCUT2D eigenvalue weighted by atomic mass is 10.2. The molecule has 116 valence electrons. The minimum absolute atomic E-state index is 0.624. The maximum Gasteiger partial charge on any atom is 0.171 e. The molecule has 0 spiro atoms. The fraction of sp³-hybridized carbons (Fsp3) is 0.235. The number of benzene rings is 2. The van der Waals surface area contributed by atoms with Crippen molar-refractivity contribution in [3.05, 3.63) is 58.1 Å². The van der Waals surface area contributed by atoms with Crippen LogP contribution < -0.4 is 15.5 Å². The molecule has 0 aliphatic carbocycles. The Kier molecular flexibility index (Phi) is 5.80. The summed E-state index contributed by atoms with van der Waals surface area (Å²) in [5, 5.41) is 7.05. The van der Waals surface area contributed by atoms with Crippen LogP contribution >= 0.6 is 28.1 Å². The van der Waals surface area contributed by atoms with E-state index in [1.54, 1.807) is 0 Å². The zero-order valence-electron chi connectivity index (χ0n) is 13.0. The highest BCUT2D eigenvalue weighted by Crippen LogP contribution is 2.20. The van der Waals surface area contributed by atoms with Gasteiger partial charge in [0.1, 0.15) is 0 Å². The summed E-state index contributed by atoms with van der Waals surface area (Å²) in [7, 11) is 4.07. The molecule has 0 saturated heterocycles. The molecule has 0 saturated carbocycles. The second-order valence-corrected chi connectivity index (χ2v) is 6.60. The molecule has 0 aliphatic rings. The van der Waals surface area contributed by atoms with E-state index in [1.165, 1.54) is 16.8 Å². The van der Waals surface area contributed by atoms with Crippen LogP contribution in [0.25, 0.3) is 0 Å². The molecule has 0 bridgehead atoms. The van der Waals surface area contributed by atoms with Crippen molar-refractivity contribution in [2.24, 2.45) is 0 Å². The second-order valence-electron chi connectivity index (χ2n) is 5.33. The van der Waals surface area contributed by atoms with Gasteiger partial charge in [-0.15, -0.1) is 0 Å². The van der Waals surface area contributed by atoms with Crippen molar-refractivity contribution in [2.75, 3.05) is 24.3 Å². The Hall–Kier alpha value is -1.59. The number of hydrogen-bond acceptors (Lipinski definition) is 2. The van der Waals surface area contributed by atoms with Crippen molar-refractivity contribution in [2.45, 2.75) is 13.5 Å². The normalized spacial score (nSPS) is 10.2. The van der Waals surface area contributed by atoms with Gasteiger partial charge in [-0.25, -0.2) is 0 Å². The third kappa shape index (κ3) is 4.71. The quantitative estimate of drug-likeness (QED) is 0.776. The van der Waals surface area contributed by atoms with Crippen molar-refractivity contribution in [3.63, 3.8) is 0 Å². The molecule has 2 aromatic carbocycles. The molecule has 0 aliphatic heterocycles. The molecular formula is C17H20BrN3S. The molecule has 2 aromatic rings. The highest BCUT2D eigenvalue weighted by atomic mass is 79.9. The maximum absolute atomic E-state index is 5.34. The number of aryl methyl sites for hydroxylation is 1. The van der Waals surface area contributed by atoms with E-state index in [9.17, 15) is 0 Å². The van der Waals surface area contributed by atoms with Gasteiger partial charge in [-0.2, -0.15) is 0 Å². The Labute approximate surface area is 145 Å². The minimum Gasteiger partial charge on any atom is -0.378 e. The van der Waals surface area contributed by atoms with Crippen LogP contribution in [0, 0.1) is 6.92 Å². The van der Waals surface area contributed by atoms with E-state index < -0.39 is 0 Å². The van der Waals surface area contributed by atoms with Crippen LogP contribution in [-0.2, 0) is 6.54 Å².